The number of hydrazine groups is 2. The molecule has 234 valence electrons. The van der Waals surface area contributed by atoms with E-state index in [1.807, 2.05) is 37.3 Å². The van der Waals surface area contributed by atoms with Crippen LogP contribution in [0.15, 0.2) is 66.9 Å². The Morgan fingerprint density at radius 3 is 2.50 bits per heavy atom. The molecule has 0 spiro atoms. The maximum Gasteiger partial charge on any atom is 0.262 e. The van der Waals surface area contributed by atoms with Crippen molar-refractivity contribution in [1.29, 1.82) is 10.5 Å². The topological polar surface area (TPSA) is 138 Å². The molecular formula is C34H34F2N10. The molecule has 1 saturated carbocycles. The maximum absolute atomic E-state index is 14.1. The van der Waals surface area contributed by atoms with Gasteiger partial charge >= 0.3 is 0 Å². The normalized spacial score (nSPS) is 15.9. The summed E-state index contributed by atoms with van der Waals surface area (Å²) < 4.78 is 28.1. The first-order valence-corrected chi connectivity index (χ1v) is 15.0. The summed E-state index contributed by atoms with van der Waals surface area (Å²) in [4.78, 5) is 4.47. The number of halogens is 2. The zero-order chi connectivity index (χ0) is 32.6. The van der Waals surface area contributed by atoms with Crippen LogP contribution < -0.4 is 21.6 Å². The lowest BCUT2D eigenvalue weighted by atomic mass is 9.92. The first-order chi connectivity index (χ1) is 22.0. The summed E-state index contributed by atoms with van der Waals surface area (Å²) in [6, 6.07) is 15.3. The van der Waals surface area contributed by atoms with Gasteiger partial charge in [-0.2, -0.15) is 20.7 Å². The van der Waals surface area contributed by atoms with E-state index in [4.69, 9.17) is 0 Å². The van der Waals surface area contributed by atoms with E-state index < -0.39 is 18.0 Å². The largest absolute Gasteiger partial charge is 0.383 e. The SMILES string of the molecule is Cc1c(-c2ccnnc2)cccc1[C@H](Nc1cc(C#N)c2ncc(C#N)c(NCC(C)(C)C)c2c1)C1=CN(C2(C(F)F)CC2)NN1. The lowest BCUT2D eigenvalue weighted by Crippen LogP contribution is -2.48. The van der Waals surface area contributed by atoms with Gasteiger partial charge in [-0.15, -0.1) is 5.53 Å². The van der Waals surface area contributed by atoms with Gasteiger partial charge in [-0.3, -0.25) is 9.99 Å². The van der Waals surface area contributed by atoms with Crippen LogP contribution in [0.4, 0.5) is 20.2 Å². The average Bonchev–Trinajstić information content (AvgIpc) is 3.72. The van der Waals surface area contributed by atoms with Crippen molar-refractivity contribution in [3.05, 3.63) is 89.1 Å². The molecule has 0 saturated heterocycles. The lowest BCUT2D eigenvalue weighted by molar-refractivity contribution is 0.00911. The highest BCUT2D eigenvalue weighted by atomic mass is 19.3. The average molecular weight is 621 g/mol. The number of hydrogen-bond donors (Lipinski definition) is 4. The number of aromatic nitrogens is 3. The Kier molecular flexibility index (Phi) is 7.92. The zero-order valence-corrected chi connectivity index (χ0v) is 26.0. The summed E-state index contributed by atoms with van der Waals surface area (Å²) >= 11 is 0. The molecule has 0 unspecified atom stereocenters. The number of rotatable bonds is 9. The molecule has 6 rings (SSSR count). The zero-order valence-electron chi connectivity index (χ0n) is 26.0. The number of benzene rings is 2. The molecule has 0 amide bonds. The van der Waals surface area contributed by atoms with Gasteiger partial charge in [0.2, 0.25) is 0 Å². The Labute approximate surface area is 266 Å². The molecule has 2 aromatic carbocycles. The van der Waals surface area contributed by atoms with Gasteiger partial charge in [-0.25, -0.2) is 8.78 Å². The van der Waals surface area contributed by atoms with Crippen LogP contribution in [0.25, 0.3) is 22.0 Å². The Bertz CT molecular complexity index is 1900. The van der Waals surface area contributed by atoms with Gasteiger partial charge in [0, 0.05) is 35.6 Å². The number of nitriles is 2. The summed E-state index contributed by atoms with van der Waals surface area (Å²) in [6.07, 6.45) is 4.73. The number of pyridine rings is 1. The number of anilines is 2. The van der Waals surface area contributed by atoms with Crippen molar-refractivity contribution in [2.24, 2.45) is 5.41 Å². The number of fused-ring (bicyclic) bond motifs is 1. The molecule has 1 aliphatic carbocycles. The molecule has 10 nitrogen and oxygen atoms in total. The van der Waals surface area contributed by atoms with Gasteiger partial charge in [-0.1, -0.05) is 39.0 Å². The molecule has 1 atom stereocenters. The minimum atomic E-state index is -2.52. The number of nitrogens with one attached hydrogen (secondary N) is 4. The number of hydrogen-bond acceptors (Lipinski definition) is 10. The van der Waals surface area contributed by atoms with Gasteiger partial charge in [0.1, 0.15) is 17.7 Å². The van der Waals surface area contributed by atoms with Crippen molar-refractivity contribution >= 4 is 22.3 Å². The Morgan fingerprint density at radius 2 is 1.85 bits per heavy atom. The van der Waals surface area contributed by atoms with E-state index in [2.05, 4.69) is 69.7 Å². The van der Waals surface area contributed by atoms with E-state index in [1.54, 1.807) is 24.7 Å². The van der Waals surface area contributed by atoms with E-state index in [-0.39, 0.29) is 5.41 Å². The third kappa shape index (κ3) is 5.75. The van der Waals surface area contributed by atoms with Gasteiger partial charge < -0.3 is 16.1 Å². The molecule has 0 bridgehead atoms. The van der Waals surface area contributed by atoms with Gasteiger partial charge in [0.15, 0.2) is 0 Å². The molecule has 3 heterocycles. The third-order valence-corrected chi connectivity index (χ3v) is 8.45. The van der Waals surface area contributed by atoms with Crippen LogP contribution in [-0.2, 0) is 0 Å². The smallest absolute Gasteiger partial charge is 0.262 e. The summed E-state index contributed by atoms with van der Waals surface area (Å²) in [7, 11) is 0. The molecule has 12 heteroatoms. The van der Waals surface area contributed by atoms with Crippen molar-refractivity contribution in [1.82, 2.24) is 31.2 Å². The monoisotopic (exact) mass is 620 g/mol. The molecule has 2 aliphatic rings. The number of alkyl halides is 2. The fourth-order valence-electron chi connectivity index (χ4n) is 5.73. The Balaban J connectivity index is 1.48. The first kappa shape index (κ1) is 30.7. The predicted octanol–water partition coefficient (Wildman–Crippen LogP) is 6.32. The predicted molar refractivity (Wildman–Crippen MR) is 172 cm³/mol. The van der Waals surface area contributed by atoms with Gasteiger partial charge in [0.25, 0.3) is 6.43 Å². The van der Waals surface area contributed by atoms with Crippen molar-refractivity contribution in [3.63, 3.8) is 0 Å². The molecule has 4 N–H and O–H groups in total. The third-order valence-electron chi connectivity index (χ3n) is 8.45. The fourth-order valence-corrected chi connectivity index (χ4v) is 5.73. The van der Waals surface area contributed by atoms with E-state index in [1.165, 1.54) is 11.2 Å². The Morgan fingerprint density at radius 1 is 1.07 bits per heavy atom. The Hall–Kier alpha value is -5.33. The van der Waals surface area contributed by atoms with E-state index >= 15 is 0 Å². The highest BCUT2D eigenvalue weighted by molar-refractivity contribution is 5.99. The van der Waals surface area contributed by atoms with Crippen molar-refractivity contribution < 1.29 is 8.78 Å². The van der Waals surface area contributed by atoms with Crippen LogP contribution in [0.2, 0.25) is 0 Å². The van der Waals surface area contributed by atoms with E-state index in [0.717, 1.165) is 22.3 Å². The quantitative estimate of drug-likeness (QED) is 0.168. The summed E-state index contributed by atoms with van der Waals surface area (Å²) in [5, 5.41) is 37.1. The van der Waals surface area contributed by atoms with Crippen molar-refractivity contribution in [2.45, 2.75) is 58.5 Å². The molecule has 46 heavy (non-hydrogen) atoms. The van der Waals surface area contributed by atoms with Crippen LogP contribution in [0.5, 0.6) is 0 Å². The van der Waals surface area contributed by atoms with E-state index in [0.29, 0.717) is 58.5 Å². The lowest BCUT2D eigenvalue weighted by Gasteiger charge is -2.25. The van der Waals surface area contributed by atoms with Crippen LogP contribution in [0.3, 0.4) is 0 Å². The number of nitrogens with zero attached hydrogens (tertiary/aromatic N) is 6. The second-order valence-corrected chi connectivity index (χ2v) is 12.9. The minimum absolute atomic E-state index is 0.0785. The summed E-state index contributed by atoms with van der Waals surface area (Å²) in [6.45, 7) is 8.85. The van der Waals surface area contributed by atoms with Crippen molar-refractivity contribution in [3.8, 4) is 23.3 Å². The van der Waals surface area contributed by atoms with E-state index in [9.17, 15) is 19.3 Å². The standard InChI is InChI=1S/C34H34F2N10/c1-20-25(21-8-11-41-42-17-21)6-5-7-26(20)31(28-18-46(45-44-28)34(9-10-34)32(35)36)43-24-12-22(14-37)29-27(13-24)30(23(15-38)16-39-29)40-19-33(2,3)4/h5-8,11-13,16-18,31-32,43-45H,9-10,19H2,1-4H3,(H,39,40)/t31-/m0/s1. The molecular weight excluding hydrogens is 586 g/mol. The highest BCUT2D eigenvalue weighted by Crippen LogP contribution is 2.47. The second-order valence-electron chi connectivity index (χ2n) is 12.9. The van der Waals surface area contributed by atoms with Crippen LogP contribution >= 0.6 is 0 Å². The van der Waals surface area contributed by atoms with Crippen LogP contribution in [0.1, 0.15) is 61.9 Å². The summed E-state index contributed by atoms with van der Waals surface area (Å²) in [5.41, 5.74) is 11.4. The minimum Gasteiger partial charge on any atom is -0.383 e. The maximum atomic E-state index is 14.1. The van der Waals surface area contributed by atoms with Gasteiger partial charge in [-0.05, 0) is 60.1 Å². The molecule has 4 aromatic rings. The molecule has 1 fully saturated rings. The summed E-state index contributed by atoms with van der Waals surface area (Å²) in [5.74, 6) is 0. The second kappa shape index (κ2) is 11.9. The molecule has 1 aliphatic heterocycles. The van der Waals surface area contributed by atoms with Crippen LogP contribution in [0, 0.1) is 35.0 Å². The molecule has 2 aromatic heterocycles. The van der Waals surface area contributed by atoms with Crippen LogP contribution in [-0.4, -0.2) is 38.7 Å². The highest BCUT2D eigenvalue weighted by Gasteiger charge is 2.56. The van der Waals surface area contributed by atoms with Gasteiger partial charge in [0.05, 0.1) is 46.5 Å². The fraction of sp³-hybridized carbons (Fsp3) is 0.324. The first-order valence-electron chi connectivity index (χ1n) is 15.0. The van der Waals surface area contributed by atoms with Crippen molar-refractivity contribution in [2.75, 3.05) is 17.2 Å². The molecule has 0 radical (unpaired) electrons.